The molecule has 0 aliphatic heterocycles. The van der Waals surface area contributed by atoms with E-state index < -0.39 is 0 Å². The van der Waals surface area contributed by atoms with Gasteiger partial charge in [0.1, 0.15) is 0 Å². The van der Waals surface area contributed by atoms with Crippen molar-refractivity contribution in [3.63, 3.8) is 0 Å². The topological polar surface area (TPSA) is 63.0 Å². The molecule has 0 saturated heterocycles. The molecule has 1 unspecified atom stereocenters. The van der Waals surface area contributed by atoms with Crippen LogP contribution in [0.5, 0.6) is 0 Å². The lowest BCUT2D eigenvalue weighted by molar-refractivity contribution is 0.449. The molecule has 1 aromatic rings. The van der Waals surface area contributed by atoms with E-state index >= 15 is 0 Å². The van der Waals surface area contributed by atoms with Crippen molar-refractivity contribution in [2.75, 3.05) is 5.32 Å². The highest BCUT2D eigenvalue weighted by atomic mass is 16.4. The fourth-order valence-electron chi connectivity index (χ4n) is 1.04. The predicted molar refractivity (Wildman–Crippen MR) is 64.2 cm³/mol. The van der Waals surface area contributed by atoms with Gasteiger partial charge in [-0.3, -0.25) is 0 Å². The van der Waals surface area contributed by atoms with Crippen LogP contribution in [-0.4, -0.2) is 22.3 Å². The Bertz CT molecular complexity index is 309. The second-order valence-electron chi connectivity index (χ2n) is 4.71. The maximum absolute atomic E-state index is 5.46. The molecule has 0 aliphatic carbocycles. The Kier molecular flexibility index (Phi) is 4.73. The normalized spacial score (nSPS) is 13.4. The summed E-state index contributed by atoms with van der Waals surface area (Å²) in [5.41, 5.74) is 0. The zero-order valence-corrected chi connectivity index (χ0v) is 10.7. The Morgan fingerprint density at radius 2 is 1.81 bits per heavy atom. The quantitative estimate of drug-likeness (QED) is 0.777. The van der Waals surface area contributed by atoms with E-state index in [2.05, 4.69) is 55.4 Å². The average molecular weight is 226 g/mol. The van der Waals surface area contributed by atoms with Crippen LogP contribution in [0.3, 0.4) is 0 Å². The van der Waals surface area contributed by atoms with Gasteiger partial charge in [0.25, 0.3) is 0 Å². The second kappa shape index (κ2) is 5.84. The highest BCUT2D eigenvalue weighted by Crippen LogP contribution is 2.10. The first-order chi connectivity index (χ1) is 7.49. The van der Waals surface area contributed by atoms with Crippen LogP contribution >= 0.6 is 0 Å². The second-order valence-corrected chi connectivity index (χ2v) is 4.71. The van der Waals surface area contributed by atoms with E-state index in [0.717, 1.165) is 0 Å². The Morgan fingerprint density at radius 1 is 1.12 bits per heavy atom. The van der Waals surface area contributed by atoms with E-state index in [-0.39, 0.29) is 0 Å². The molecule has 0 bridgehead atoms. The molecular weight excluding hydrogens is 204 g/mol. The van der Waals surface area contributed by atoms with Gasteiger partial charge in [0.15, 0.2) is 0 Å². The third-order valence-electron chi connectivity index (χ3n) is 2.48. The van der Waals surface area contributed by atoms with Gasteiger partial charge in [0.05, 0.1) is 6.54 Å². The fraction of sp³-hybridized carbons (Fsp3) is 0.818. The molecule has 0 saturated carbocycles. The Morgan fingerprint density at radius 3 is 2.38 bits per heavy atom. The molecule has 0 aromatic carbocycles. The number of anilines is 1. The van der Waals surface area contributed by atoms with E-state index in [1.54, 1.807) is 0 Å². The summed E-state index contributed by atoms with van der Waals surface area (Å²) >= 11 is 0. The third kappa shape index (κ3) is 4.18. The minimum atomic E-state index is 0.325. The monoisotopic (exact) mass is 226 g/mol. The van der Waals surface area contributed by atoms with Crippen LogP contribution in [0.1, 0.15) is 40.5 Å². The summed E-state index contributed by atoms with van der Waals surface area (Å²) in [5, 5.41) is 14.3. The molecule has 1 atom stereocenters. The van der Waals surface area contributed by atoms with Gasteiger partial charge in [-0.15, -0.1) is 5.10 Å². The first-order valence-corrected chi connectivity index (χ1v) is 5.81. The SMILES string of the molecule is CC(C)NCc1nnc(NC(C)C(C)C)o1. The Hall–Kier alpha value is -1.10. The summed E-state index contributed by atoms with van der Waals surface area (Å²) in [6, 6.07) is 1.24. The Balaban J connectivity index is 2.45. The minimum absolute atomic E-state index is 0.325. The summed E-state index contributed by atoms with van der Waals surface area (Å²) in [7, 11) is 0. The molecule has 1 heterocycles. The molecule has 0 amide bonds. The van der Waals surface area contributed by atoms with Gasteiger partial charge in [-0.25, -0.2) is 0 Å². The number of hydrogen-bond donors (Lipinski definition) is 2. The molecule has 0 spiro atoms. The van der Waals surface area contributed by atoms with E-state index in [4.69, 9.17) is 4.42 Å². The summed E-state index contributed by atoms with van der Waals surface area (Å²) in [6.45, 7) is 11.2. The molecule has 92 valence electrons. The first kappa shape index (κ1) is 13.0. The lowest BCUT2D eigenvalue weighted by Gasteiger charge is -2.14. The molecule has 2 N–H and O–H groups in total. The van der Waals surface area contributed by atoms with Crippen LogP contribution in [0.25, 0.3) is 0 Å². The van der Waals surface area contributed by atoms with Crippen molar-refractivity contribution >= 4 is 6.01 Å². The van der Waals surface area contributed by atoms with Crippen molar-refractivity contribution in [1.29, 1.82) is 0 Å². The van der Waals surface area contributed by atoms with E-state index in [1.165, 1.54) is 0 Å². The van der Waals surface area contributed by atoms with E-state index in [0.29, 0.717) is 36.5 Å². The molecule has 16 heavy (non-hydrogen) atoms. The van der Waals surface area contributed by atoms with Crippen LogP contribution in [0, 0.1) is 5.92 Å². The van der Waals surface area contributed by atoms with Crippen LogP contribution in [0.4, 0.5) is 6.01 Å². The molecule has 0 fully saturated rings. The molecule has 5 heteroatoms. The van der Waals surface area contributed by atoms with Crippen LogP contribution in [0.15, 0.2) is 4.42 Å². The number of aromatic nitrogens is 2. The zero-order chi connectivity index (χ0) is 12.1. The van der Waals surface area contributed by atoms with Crippen molar-refractivity contribution in [3.8, 4) is 0 Å². The number of nitrogens with zero attached hydrogens (tertiary/aromatic N) is 2. The summed E-state index contributed by atoms with van der Waals surface area (Å²) in [4.78, 5) is 0. The van der Waals surface area contributed by atoms with Crippen molar-refractivity contribution < 1.29 is 4.42 Å². The smallest absolute Gasteiger partial charge is 0.315 e. The molecule has 1 aromatic heterocycles. The lowest BCUT2D eigenvalue weighted by atomic mass is 10.1. The maximum atomic E-state index is 5.46. The van der Waals surface area contributed by atoms with Crippen molar-refractivity contribution in [2.24, 2.45) is 5.92 Å². The summed E-state index contributed by atoms with van der Waals surface area (Å²) in [5.74, 6) is 1.15. The standard InChI is InChI=1S/C11H22N4O/c1-7(2)9(5)13-11-15-14-10(16-11)6-12-8(3)4/h7-9,12H,6H2,1-5H3,(H,13,15). The zero-order valence-electron chi connectivity index (χ0n) is 10.7. The van der Waals surface area contributed by atoms with Crippen LogP contribution in [0.2, 0.25) is 0 Å². The van der Waals surface area contributed by atoms with Gasteiger partial charge in [-0.1, -0.05) is 32.8 Å². The van der Waals surface area contributed by atoms with Crippen molar-refractivity contribution in [2.45, 2.75) is 53.2 Å². The molecule has 5 nitrogen and oxygen atoms in total. The maximum Gasteiger partial charge on any atom is 0.315 e. The number of hydrogen-bond acceptors (Lipinski definition) is 5. The van der Waals surface area contributed by atoms with Gasteiger partial charge < -0.3 is 15.1 Å². The van der Waals surface area contributed by atoms with Crippen LogP contribution < -0.4 is 10.6 Å². The third-order valence-corrected chi connectivity index (χ3v) is 2.48. The predicted octanol–water partition coefficient (Wildman–Crippen LogP) is 2.02. The largest absolute Gasteiger partial charge is 0.407 e. The van der Waals surface area contributed by atoms with Gasteiger partial charge in [0.2, 0.25) is 5.89 Å². The van der Waals surface area contributed by atoms with Gasteiger partial charge in [-0.2, -0.15) is 0 Å². The Labute approximate surface area is 97.0 Å². The lowest BCUT2D eigenvalue weighted by Crippen LogP contribution is -2.22. The van der Waals surface area contributed by atoms with Gasteiger partial charge >= 0.3 is 6.01 Å². The number of nitrogens with one attached hydrogen (secondary N) is 2. The van der Waals surface area contributed by atoms with Crippen molar-refractivity contribution in [1.82, 2.24) is 15.5 Å². The first-order valence-electron chi connectivity index (χ1n) is 5.81. The van der Waals surface area contributed by atoms with Crippen molar-refractivity contribution in [3.05, 3.63) is 5.89 Å². The van der Waals surface area contributed by atoms with Crippen LogP contribution in [-0.2, 0) is 6.54 Å². The molecular formula is C11H22N4O. The average Bonchev–Trinajstić information content (AvgIpc) is 2.62. The molecule has 0 radical (unpaired) electrons. The van der Waals surface area contributed by atoms with Gasteiger partial charge in [0, 0.05) is 12.1 Å². The molecule has 1 rings (SSSR count). The highest BCUT2D eigenvalue weighted by molar-refractivity contribution is 5.19. The summed E-state index contributed by atoms with van der Waals surface area (Å²) < 4.78 is 5.46. The van der Waals surface area contributed by atoms with Gasteiger partial charge in [-0.05, 0) is 12.8 Å². The molecule has 0 aliphatic rings. The fourth-order valence-corrected chi connectivity index (χ4v) is 1.04. The highest BCUT2D eigenvalue weighted by Gasteiger charge is 2.11. The summed E-state index contributed by atoms with van der Waals surface area (Å²) in [6.07, 6.45) is 0. The number of rotatable bonds is 6. The minimum Gasteiger partial charge on any atom is -0.407 e. The van der Waals surface area contributed by atoms with E-state index in [9.17, 15) is 0 Å². The van der Waals surface area contributed by atoms with E-state index in [1.807, 2.05) is 0 Å².